The molecule has 0 bridgehead atoms. The van der Waals surface area contributed by atoms with E-state index in [0.717, 1.165) is 11.3 Å². The molecule has 2 N–H and O–H groups in total. The highest BCUT2D eigenvalue weighted by molar-refractivity contribution is 7.91. The van der Waals surface area contributed by atoms with Crippen LogP contribution in [0.3, 0.4) is 0 Å². The largest absolute Gasteiger partial charge is 0.480 e. The Labute approximate surface area is 116 Å². The fourth-order valence-corrected chi connectivity index (χ4v) is 4.38. The highest BCUT2D eigenvalue weighted by atomic mass is 32.2. The van der Waals surface area contributed by atoms with Gasteiger partial charge in [-0.15, -0.1) is 11.3 Å². The Morgan fingerprint density at radius 2 is 2.00 bits per heavy atom. The summed E-state index contributed by atoms with van der Waals surface area (Å²) in [6.45, 7) is 6.98. The number of rotatable bonds is 6. The minimum atomic E-state index is -3.83. The lowest BCUT2D eigenvalue weighted by molar-refractivity contribution is -0.139. The quantitative estimate of drug-likeness (QED) is 0.831. The van der Waals surface area contributed by atoms with Crippen LogP contribution in [0, 0.1) is 19.8 Å². The molecule has 1 heterocycles. The van der Waals surface area contributed by atoms with Gasteiger partial charge in [-0.1, -0.05) is 13.8 Å². The van der Waals surface area contributed by atoms with Gasteiger partial charge < -0.3 is 5.11 Å². The summed E-state index contributed by atoms with van der Waals surface area (Å²) >= 11 is 1.04. The van der Waals surface area contributed by atoms with Gasteiger partial charge in [-0.25, -0.2) is 13.4 Å². The van der Waals surface area contributed by atoms with E-state index in [0.29, 0.717) is 10.7 Å². The molecule has 0 aromatic carbocycles. The Morgan fingerprint density at radius 3 is 2.37 bits per heavy atom. The number of carbonyl (C=O) groups is 1. The number of aliphatic carboxylic acids is 1. The highest BCUT2D eigenvalue weighted by Gasteiger charge is 2.28. The standard InChI is InChI=1S/C11H18N2O4S2/c1-6(2)5-9(10(14)15)13-19(16,17)11-7(3)12-8(4)18-11/h6,9,13H,5H2,1-4H3,(H,14,15). The molecule has 0 radical (unpaired) electrons. The molecule has 8 heteroatoms. The van der Waals surface area contributed by atoms with Crippen molar-refractivity contribution >= 4 is 27.3 Å². The summed E-state index contributed by atoms with van der Waals surface area (Å²) in [5.74, 6) is -1.09. The number of carboxylic acids is 1. The molecule has 1 atom stereocenters. The summed E-state index contributed by atoms with van der Waals surface area (Å²) in [6, 6.07) is -1.12. The predicted molar refractivity (Wildman–Crippen MR) is 72.8 cm³/mol. The van der Waals surface area contributed by atoms with Gasteiger partial charge in [0.05, 0.1) is 10.7 Å². The van der Waals surface area contributed by atoms with E-state index >= 15 is 0 Å². The predicted octanol–water partition coefficient (Wildman–Crippen LogP) is 1.54. The van der Waals surface area contributed by atoms with Crippen LogP contribution in [-0.4, -0.2) is 30.5 Å². The molecule has 0 aliphatic rings. The van der Waals surface area contributed by atoms with E-state index in [1.54, 1.807) is 13.8 Å². The van der Waals surface area contributed by atoms with Gasteiger partial charge in [0.25, 0.3) is 10.0 Å². The average molecular weight is 306 g/mol. The third kappa shape index (κ3) is 4.26. The number of hydrogen-bond acceptors (Lipinski definition) is 5. The van der Waals surface area contributed by atoms with Crippen molar-refractivity contribution in [2.24, 2.45) is 5.92 Å². The van der Waals surface area contributed by atoms with Gasteiger partial charge in [0.1, 0.15) is 6.04 Å². The summed E-state index contributed by atoms with van der Waals surface area (Å²) < 4.78 is 26.6. The van der Waals surface area contributed by atoms with Crippen molar-refractivity contribution in [3.63, 3.8) is 0 Å². The van der Waals surface area contributed by atoms with Crippen molar-refractivity contribution in [1.29, 1.82) is 0 Å². The topological polar surface area (TPSA) is 96.4 Å². The lowest BCUT2D eigenvalue weighted by Crippen LogP contribution is -2.41. The van der Waals surface area contributed by atoms with Crippen molar-refractivity contribution in [2.45, 2.75) is 44.4 Å². The van der Waals surface area contributed by atoms with Crippen LogP contribution >= 0.6 is 11.3 Å². The molecule has 0 spiro atoms. The van der Waals surface area contributed by atoms with E-state index in [1.165, 1.54) is 0 Å². The number of nitrogens with zero attached hydrogens (tertiary/aromatic N) is 1. The van der Waals surface area contributed by atoms with Gasteiger partial charge >= 0.3 is 5.97 Å². The second kappa shape index (κ2) is 5.98. The molecule has 19 heavy (non-hydrogen) atoms. The van der Waals surface area contributed by atoms with Gasteiger partial charge in [0.2, 0.25) is 0 Å². The fraction of sp³-hybridized carbons (Fsp3) is 0.636. The molecule has 1 unspecified atom stereocenters. The summed E-state index contributed by atoms with van der Waals surface area (Å²) in [5.41, 5.74) is 0.392. The Bertz CT molecular complexity index is 563. The lowest BCUT2D eigenvalue weighted by Gasteiger charge is -2.16. The maximum Gasteiger partial charge on any atom is 0.321 e. The van der Waals surface area contributed by atoms with Crippen molar-refractivity contribution in [3.8, 4) is 0 Å². The number of carboxylic acid groups (broad SMARTS) is 1. The Balaban J connectivity index is 3.01. The number of hydrogen-bond donors (Lipinski definition) is 2. The van der Waals surface area contributed by atoms with Crippen LogP contribution in [0.1, 0.15) is 31.0 Å². The van der Waals surface area contributed by atoms with Crippen LogP contribution in [0.25, 0.3) is 0 Å². The molecule has 1 rings (SSSR count). The van der Waals surface area contributed by atoms with Crippen LogP contribution in [0.2, 0.25) is 0 Å². The van der Waals surface area contributed by atoms with Gasteiger partial charge in [0, 0.05) is 0 Å². The van der Waals surface area contributed by atoms with E-state index in [9.17, 15) is 13.2 Å². The van der Waals surface area contributed by atoms with E-state index in [-0.39, 0.29) is 16.5 Å². The normalized spacial score (nSPS) is 13.7. The molecule has 0 saturated heterocycles. The third-order valence-electron chi connectivity index (χ3n) is 2.41. The van der Waals surface area contributed by atoms with Crippen LogP contribution in [0.15, 0.2) is 4.21 Å². The summed E-state index contributed by atoms with van der Waals surface area (Å²) in [6.07, 6.45) is 0.241. The monoisotopic (exact) mass is 306 g/mol. The summed E-state index contributed by atoms with van der Waals surface area (Å²) in [5, 5.41) is 9.70. The zero-order chi connectivity index (χ0) is 14.8. The first-order valence-electron chi connectivity index (χ1n) is 5.82. The van der Waals surface area contributed by atoms with Crippen molar-refractivity contribution in [3.05, 3.63) is 10.7 Å². The molecule has 0 aliphatic carbocycles. The first-order chi connectivity index (χ1) is 8.63. The van der Waals surface area contributed by atoms with Crippen LogP contribution in [-0.2, 0) is 14.8 Å². The van der Waals surface area contributed by atoms with Crippen LogP contribution in [0.5, 0.6) is 0 Å². The van der Waals surface area contributed by atoms with Crippen molar-refractivity contribution in [2.75, 3.05) is 0 Å². The minimum Gasteiger partial charge on any atom is -0.480 e. The first kappa shape index (κ1) is 16.1. The molecular formula is C11H18N2O4S2. The maximum atomic E-state index is 12.2. The lowest BCUT2D eigenvalue weighted by atomic mass is 10.1. The molecule has 108 valence electrons. The van der Waals surface area contributed by atoms with Gasteiger partial charge in [0.15, 0.2) is 4.21 Å². The van der Waals surface area contributed by atoms with Crippen LogP contribution in [0.4, 0.5) is 0 Å². The zero-order valence-electron chi connectivity index (χ0n) is 11.3. The third-order valence-corrected chi connectivity index (χ3v) is 5.56. The molecule has 0 aliphatic heterocycles. The minimum absolute atomic E-state index is 0.0769. The first-order valence-corrected chi connectivity index (χ1v) is 8.12. The number of nitrogens with one attached hydrogen (secondary N) is 1. The highest BCUT2D eigenvalue weighted by Crippen LogP contribution is 2.23. The summed E-state index contributed by atoms with van der Waals surface area (Å²) in [4.78, 5) is 15.1. The van der Waals surface area contributed by atoms with E-state index in [2.05, 4.69) is 9.71 Å². The maximum absolute atomic E-state index is 12.2. The molecule has 0 saturated carbocycles. The average Bonchev–Trinajstić information content (AvgIpc) is 2.56. The number of thiazole rings is 1. The molecular weight excluding hydrogens is 288 g/mol. The number of aryl methyl sites for hydroxylation is 2. The van der Waals surface area contributed by atoms with E-state index in [4.69, 9.17) is 5.11 Å². The zero-order valence-corrected chi connectivity index (χ0v) is 12.9. The fourth-order valence-electron chi connectivity index (χ4n) is 1.67. The number of aromatic nitrogens is 1. The number of sulfonamides is 1. The van der Waals surface area contributed by atoms with Gasteiger partial charge in [-0.3, -0.25) is 4.79 Å². The molecule has 1 aromatic heterocycles. The Morgan fingerprint density at radius 1 is 1.42 bits per heavy atom. The van der Waals surface area contributed by atoms with Gasteiger partial charge in [-0.2, -0.15) is 4.72 Å². The van der Waals surface area contributed by atoms with Gasteiger partial charge in [-0.05, 0) is 26.2 Å². The molecule has 0 fully saturated rings. The van der Waals surface area contributed by atoms with Crippen LogP contribution < -0.4 is 4.72 Å². The molecule has 1 aromatic rings. The Kier molecular flexibility index (Phi) is 5.05. The molecule has 6 nitrogen and oxygen atoms in total. The van der Waals surface area contributed by atoms with E-state index in [1.807, 2.05) is 13.8 Å². The second-order valence-electron chi connectivity index (χ2n) is 4.75. The van der Waals surface area contributed by atoms with E-state index < -0.39 is 22.0 Å². The van der Waals surface area contributed by atoms with Crippen molar-refractivity contribution < 1.29 is 18.3 Å². The second-order valence-corrected chi connectivity index (χ2v) is 7.86. The Hall–Kier alpha value is -0.990. The smallest absolute Gasteiger partial charge is 0.321 e. The molecule has 0 amide bonds. The SMILES string of the molecule is Cc1nc(C)c(S(=O)(=O)NC(CC(C)C)C(=O)O)s1. The summed E-state index contributed by atoms with van der Waals surface area (Å²) in [7, 11) is -3.83. The van der Waals surface area contributed by atoms with Crippen molar-refractivity contribution in [1.82, 2.24) is 9.71 Å².